The average molecular weight is 346 g/mol. The van der Waals surface area contributed by atoms with Gasteiger partial charge in [0.25, 0.3) is 5.91 Å². The van der Waals surface area contributed by atoms with Crippen LogP contribution < -0.4 is 15.4 Å². The second kappa shape index (κ2) is 9.44. The van der Waals surface area contributed by atoms with Gasteiger partial charge < -0.3 is 15.4 Å². The topological polar surface area (TPSA) is 67.4 Å². The monoisotopic (exact) mass is 346 g/mol. The van der Waals surface area contributed by atoms with Gasteiger partial charge in [0, 0.05) is 6.04 Å². The van der Waals surface area contributed by atoms with Gasteiger partial charge >= 0.3 is 0 Å². The normalized spacial score (nSPS) is 16.3. The molecule has 0 radical (unpaired) electrons. The first-order chi connectivity index (χ1) is 12.0. The Hall–Kier alpha value is -2.04. The standard InChI is InChI=1S/C20H30N2O3/c1-4-25-17-13-9-8-12-16(17)19(23)22-18(14(2)3)20(24)21-15-10-6-5-7-11-15/h8-9,12-15,18H,4-7,10-11H2,1-3H3,(H,21,24)(H,22,23)/t18-/m0/s1. The number of ether oxygens (including phenoxy) is 1. The lowest BCUT2D eigenvalue weighted by atomic mass is 9.94. The van der Waals surface area contributed by atoms with Crippen LogP contribution in [0.25, 0.3) is 0 Å². The molecular weight excluding hydrogens is 316 g/mol. The SMILES string of the molecule is CCOc1ccccc1C(=O)N[C@H](C(=O)NC1CCCCC1)C(C)C. The van der Waals surface area contributed by atoms with Crippen molar-refractivity contribution in [3.63, 3.8) is 0 Å². The predicted molar refractivity (Wildman–Crippen MR) is 98.7 cm³/mol. The summed E-state index contributed by atoms with van der Waals surface area (Å²) in [7, 11) is 0. The van der Waals surface area contributed by atoms with Crippen molar-refractivity contribution in [1.82, 2.24) is 10.6 Å². The number of para-hydroxylation sites is 1. The van der Waals surface area contributed by atoms with E-state index >= 15 is 0 Å². The molecule has 138 valence electrons. The number of rotatable bonds is 7. The van der Waals surface area contributed by atoms with E-state index in [1.54, 1.807) is 18.2 Å². The summed E-state index contributed by atoms with van der Waals surface area (Å²) in [6.45, 7) is 6.25. The molecule has 2 N–H and O–H groups in total. The fourth-order valence-corrected chi connectivity index (χ4v) is 3.23. The van der Waals surface area contributed by atoms with Gasteiger partial charge in [0.15, 0.2) is 0 Å². The maximum absolute atomic E-state index is 12.7. The van der Waals surface area contributed by atoms with Gasteiger partial charge in [-0.1, -0.05) is 45.2 Å². The highest BCUT2D eigenvalue weighted by molar-refractivity contribution is 5.99. The summed E-state index contributed by atoms with van der Waals surface area (Å²) >= 11 is 0. The van der Waals surface area contributed by atoms with Crippen LogP contribution in [-0.4, -0.2) is 30.5 Å². The molecule has 0 heterocycles. The molecule has 5 nitrogen and oxygen atoms in total. The zero-order chi connectivity index (χ0) is 18.2. The quantitative estimate of drug-likeness (QED) is 0.796. The number of hydrogen-bond donors (Lipinski definition) is 2. The maximum Gasteiger partial charge on any atom is 0.255 e. The van der Waals surface area contributed by atoms with Crippen LogP contribution in [0, 0.1) is 5.92 Å². The first-order valence-corrected chi connectivity index (χ1v) is 9.36. The molecule has 1 fully saturated rings. The number of amides is 2. The molecule has 0 aliphatic heterocycles. The highest BCUT2D eigenvalue weighted by Gasteiger charge is 2.27. The van der Waals surface area contributed by atoms with Crippen LogP contribution in [0.3, 0.4) is 0 Å². The van der Waals surface area contributed by atoms with Gasteiger partial charge in [-0.3, -0.25) is 9.59 Å². The summed E-state index contributed by atoms with van der Waals surface area (Å²) in [5, 5.41) is 6.00. The van der Waals surface area contributed by atoms with Crippen molar-refractivity contribution in [2.45, 2.75) is 65.0 Å². The Morgan fingerprint density at radius 2 is 1.84 bits per heavy atom. The van der Waals surface area contributed by atoms with Crippen LogP contribution >= 0.6 is 0 Å². The van der Waals surface area contributed by atoms with E-state index in [1.165, 1.54) is 6.42 Å². The Bertz CT molecular complexity index is 580. The predicted octanol–water partition coefficient (Wildman–Crippen LogP) is 3.29. The van der Waals surface area contributed by atoms with Crippen LogP contribution in [0.5, 0.6) is 5.75 Å². The minimum Gasteiger partial charge on any atom is -0.493 e. The second-order valence-corrected chi connectivity index (χ2v) is 6.97. The first-order valence-electron chi connectivity index (χ1n) is 9.36. The summed E-state index contributed by atoms with van der Waals surface area (Å²) in [5.41, 5.74) is 0.459. The van der Waals surface area contributed by atoms with E-state index in [4.69, 9.17) is 4.74 Å². The minimum atomic E-state index is -0.552. The molecule has 0 saturated heterocycles. The van der Waals surface area contributed by atoms with Gasteiger partial charge in [0.2, 0.25) is 5.91 Å². The number of benzene rings is 1. The van der Waals surface area contributed by atoms with Crippen molar-refractivity contribution >= 4 is 11.8 Å². The van der Waals surface area contributed by atoms with E-state index < -0.39 is 6.04 Å². The number of nitrogens with one attached hydrogen (secondary N) is 2. The molecule has 1 aliphatic carbocycles. The van der Waals surface area contributed by atoms with Crippen LogP contribution in [0.1, 0.15) is 63.2 Å². The summed E-state index contributed by atoms with van der Waals surface area (Å²) in [4.78, 5) is 25.4. The van der Waals surface area contributed by atoms with E-state index in [1.807, 2.05) is 26.8 Å². The molecule has 1 aliphatic rings. The number of carbonyl (C=O) groups excluding carboxylic acids is 2. The molecule has 25 heavy (non-hydrogen) atoms. The van der Waals surface area contributed by atoms with Gasteiger partial charge in [-0.25, -0.2) is 0 Å². The Morgan fingerprint density at radius 1 is 1.16 bits per heavy atom. The first kappa shape index (κ1) is 19.3. The highest BCUT2D eigenvalue weighted by Crippen LogP contribution is 2.20. The Balaban J connectivity index is 2.05. The van der Waals surface area contributed by atoms with Crippen molar-refractivity contribution in [3.05, 3.63) is 29.8 Å². The van der Waals surface area contributed by atoms with Gasteiger partial charge in [-0.05, 0) is 37.8 Å². The molecule has 5 heteroatoms. The number of carbonyl (C=O) groups is 2. The molecular formula is C20H30N2O3. The smallest absolute Gasteiger partial charge is 0.255 e. The minimum absolute atomic E-state index is 0.00629. The third kappa shape index (κ3) is 5.48. The molecule has 2 rings (SSSR count). The van der Waals surface area contributed by atoms with E-state index in [0.29, 0.717) is 17.9 Å². The summed E-state index contributed by atoms with van der Waals surface area (Å²) in [5.74, 6) is 0.176. The van der Waals surface area contributed by atoms with Gasteiger partial charge in [0.1, 0.15) is 11.8 Å². The highest BCUT2D eigenvalue weighted by atomic mass is 16.5. The third-order valence-electron chi connectivity index (χ3n) is 4.62. The van der Waals surface area contributed by atoms with Crippen LogP contribution in [-0.2, 0) is 4.79 Å². The Morgan fingerprint density at radius 3 is 2.48 bits per heavy atom. The summed E-state index contributed by atoms with van der Waals surface area (Å²) < 4.78 is 5.52. The molecule has 1 atom stereocenters. The van der Waals surface area contributed by atoms with Crippen molar-refractivity contribution in [2.75, 3.05) is 6.61 Å². The fraction of sp³-hybridized carbons (Fsp3) is 0.600. The third-order valence-corrected chi connectivity index (χ3v) is 4.62. The second-order valence-electron chi connectivity index (χ2n) is 6.97. The lowest BCUT2D eigenvalue weighted by Gasteiger charge is -2.27. The molecule has 1 saturated carbocycles. The van der Waals surface area contributed by atoms with E-state index in [9.17, 15) is 9.59 Å². The van der Waals surface area contributed by atoms with Crippen LogP contribution in [0.15, 0.2) is 24.3 Å². The summed E-state index contributed by atoms with van der Waals surface area (Å²) in [6, 6.07) is 6.79. The van der Waals surface area contributed by atoms with Crippen LogP contribution in [0.4, 0.5) is 0 Å². The van der Waals surface area contributed by atoms with Crippen LogP contribution in [0.2, 0.25) is 0 Å². The zero-order valence-corrected chi connectivity index (χ0v) is 15.5. The fourth-order valence-electron chi connectivity index (χ4n) is 3.23. The molecule has 0 unspecified atom stereocenters. The molecule has 0 spiro atoms. The van der Waals surface area contributed by atoms with Gasteiger partial charge in [-0.15, -0.1) is 0 Å². The Kier molecular flexibility index (Phi) is 7.29. The lowest BCUT2D eigenvalue weighted by Crippen LogP contribution is -2.52. The van der Waals surface area contributed by atoms with Crippen molar-refractivity contribution in [1.29, 1.82) is 0 Å². The average Bonchev–Trinajstić information content (AvgIpc) is 2.60. The van der Waals surface area contributed by atoms with Crippen molar-refractivity contribution in [3.8, 4) is 5.75 Å². The lowest BCUT2D eigenvalue weighted by molar-refractivity contribution is -0.124. The van der Waals surface area contributed by atoms with E-state index in [-0.39, 0.29) is 23.8 Å². The molecule has 2 amide bonds. The Labute approximate surface area is 150 Å². The maximum atomic E-state index is 12.7. The molecule has 0 aromatic heterocycles. The van der Waals surface area contributed by atoms with Crippen molar-refractivity contribution in [2.24, 2.45) is 5.92 Å². The van der Waals surface area contributed by atoms with Gasteiger partial charge in [-0.2, -0.15) is 0 Å². The summed E-state index contributed by atoms with van der Waals surface area (Å²) in [6.07, 6.45) is 5.61. The molecule has 1 aromatic rings. The van der Waals surface area contributed by atoms with Crippen molar-refractivity contribution < 1.29 is 14.3 Å². The number of hydrogen-bond acceptors (Lipinski definition) is 3. The van der Waals surface area contributed by atoms with E-state index in [0.717, 1.165) is 25.7 Å². The van der Waals surface area contributed by atoms with Gasteiger partial charge in [0.05, 0.1) is 12.2 Å². The zero-order valence-electron chi connectivity index (χ0n) is 15.5. The molecule has 0 bridgehead atoms. The molecule has 1 aromatic carbocycles. The van der Waals surface area contributed by atoms with E-state index in [2.05, 4.69) is 10.6 Å². The largest absolute Gasteiger partial charge is 0.493 e.